The average molecular weight is 589 g/mol. The number of ether oxygens (including phenoxy) is 2. The van der Waals surface area contributed by atoms with Gasteiger partial charge in [0.25, 0.3) is 0 Å². The van der Waals surface area contributed by atoms with Crippen LogP contribution in [-0.4, -0.2) is 30.4 Å². The summed E-state index contributed by atoms with van der Waals surface area (Å²) in [5, 5.41) is 1.44. The summed E-state index contributed by atoms with van der Waals surface area (Å²) in [5.74, 6) is 2.93. The monoisotopic (exact) mass is 588 g/mol. The van der Waals surface area contributed by atoms with Crippen LogP contribution in [0.2, 0.25) is 0 Å². The van der Waals surface area contributed by atoms with Gasteiger partial charge in [0.15, 0.2) is 10.2 Å². The van der Waals surface area contributed by atoms with Crippen LogP contribution in [0.25, 0.3) is 21.9 Å². The third-order valence-electron chi connectivity index (χ3n) is 9.50. The molecule has 4 saturated carbocycles. The number of rotatable bonds is 6. The van der Waals surface area contributed by atoms with E-state index in [1.54, 1.807) is 7.11 Å². The predicted octanol–water partition coefficient (Wildman–Crippen LogP) is 8.36. The molecule has 4 bridgehead atoms. The molecule has 5 nitrogen and oxygen atoms in total. The number of hydrogen-bond donors (Lipinski definition) is 0. The second-order valence-electron chi connectivity index (χ2n) is 12.2. The van der Waals surface area contributed by atoms with Crippen LogP contribution in [0.1, 0.15) is 73.9 Å². The Bertz CT molecular complexity index is 1550. The normalized spacial score (nSPS) is 24.5. The summed E-state index contributed by atoms with van der Waals surface area (Å²) in [4.78, 5) is 38.8. The van der Waals surface area contributed by atoms with Crippen LogP contribution in [0.15, 0.2) is 46.2 Å². The molecule has 0 aromatic heterocycles. The molecule has 41 heavy (non-hydrogen) atoms. The van der Waals surface area contributed by atoms with Crippen LogP contribution in [0, 0.1) is 24.7 Å². The van der Waals surface area contributed by atoms with Gasteiger partial charge in [0, 0.05) is 29.2 Å². The highest BCUT2D eigenvalue weighted by molar-refractivity contribution is 8.16. The van der Waals surface area contributed by atoms with E-state index in [1.807, 2.05) is 13.0 Å². The molecule has 7 rings (SSSR count). The van der Waals surface area contributed by atoms with Gasteiger partial charge in [0.1, 0.15) is 5.75 Å². The van der Waals surface area contributed by atoms with Crippen molar-refractivity contribution < 1.29 is 23.9 Å². The Balaban J connectivity index is 1.53. The third kappa shape index (κ3) is 4.99. The highest BCUT2D eigenvalue weighted by atomic mass is 32.2. The van der Waals surface area contributed by atoms with E-state index in [1.165, 1.54) is 65.0 Å². The zero-order valence-electron chi connectivity index (χ0n) is 24.3. The van der Waals surface area contributed by atoms with Crippen molar-refractivity contribution in [2.75, 3.05) is 14.2 Å². The Labute approximate surface area is 250 Å². The number of carbonyl (C=O) groups excluding carboxylic acids is 3. The summed E-state index contributed by atoms with van der Waals surface area (Å²) < 4.78 is 11.1. The largest absolute Gasteiger partial charge is 0.496 e. The Morgan fingerprint density at radius 1 is 0.780 bits per heavy atom. The van der Waals surface area contributed by atoms with Crippen LogP contribution < -0.4 is 4.74 Å². The lowest BCUT2D eigenvalue weighted by Crippen LogP contribution is -2.48. The van der Waals surface area contributed by atoms with Gasteiger partial charge in [0.2, 0.25) is 0 Å². The van der Waals surface area contributed by atoms with Gasteiger partial charge in [-0.15, -0.1) is 0 Å². The molecule has 3 aromatic rings. The van der Waals surface area contributed by atoms with E-state index in [2.05, 4.69) is 30.3 Å². The first kappa shape index (κ1) is 28.4. The molecule has 4 aliphatic rings. The first-order chi connectivity index (χ1) is 19.6. The molecule has 7 heteroatoms. The fourth-order valence-corrected chi connectivity index (χ4v) is 10.2. The summed E-state index contributed by atoms with van der Waals surface area (Å²) in [6.45, 7) is 4.84. The molecule has 0 radical (unpaired) electrons. The molecule has 4 aliphatic carbocycles. The summed E-state index contributed by atoms with van der Waals surface area (Å²) >= 11 is 2.04. The molecule has 0 N–H and O–H groups in total. The molecule has 4 fully saturated rings. The molecule has 0 heterocycles. The molecular weight excluding hydrogens is 553 g/mol. The zero-order valence-corrected chi connectivity index (χ0v) is 25.9. The number of hydrogen-bond acceptors (Lipinski definition) is 7. The molecule has 214 valence electrons. The summed E-state index contributed by atoms with van der Waals surface area (Å²) in [6, 6.07) is 12.8. The molecule has 0 atom stereocenters. The summed E-state index contributed by atoms with van der Waals surface area (Å²) in [7, 11) is 3.11. The average Bonchev–Trinajstić information content (AvgIpc) is 2.93. The van der Waals surface area contributed by atoms with Crippen molar-refractivity contribution in [2.24, 2.45) is 17.8 Å². The number of esters is 1. The van der Waals surface area contributed by atoms with Crippen molar-refractivity contribution >= 4 is 50.5 Å². The number of methoxy groups -OCH3 is 2. The Hall–Kier alpha value is -2.77. The van der Waals surface area contributed by atoms with E-state index in [0.29, 0.717) is 15.4 Å². The number of benzene rings is 3. The van der Waals surface area contributed by atoms with E-state index in [-0.39, 0.29) is 15.6 Å². The molecule has 3 aromatic carbocycles. The fraction of sp³-hybridized carbons (Fsp3) is 0.441. The van der Waals surface area contributed by atoms with Crippen molar-refractivity contribution in [1.82, 2.24) is 0 Å². The number of thioether (sulfide) groups is 2. The minimum absolute atomic E-state index is 0.115. The summed E-state index contributed by atoms with van der Waals surface area (Å²) in [5.41, 5.74) is 4.72. The Morgan fingerprint density at radius 3 is 1.90 bits per heavy atom. The standard InChI is InChI=1S/C34H36O5S2/c1-18-26-8-6-24(13-27(26)31(40-19(2)35)32(41-20(3)36)30(18)33(37)39-5)25-7-9-29(38-4)28(14-25)34-15-21-10-22(16-34)12-23(11-21)17-34/h6-9,13-14,21-23H,10-12,15-17H2,1-5H3. The van der Waals surface area contributed by atoms with Crippen LogP contribution in [0.4, 0.5) is 0 Å². The topological polar surface area (TPSA) is 69.7 Å². The molecule has 0 aliphatic heterocycles. The van der Waals surface area contributed by atoms with E-state index in [9.17, 15) is 14.4 Å². The highest BCUT2D eigenvalue weighted by Gasteiger charge is 2.52. The van der Waals surface area contributed by atoms with Gasteiger partial charge in [-0.2, -0.15) is 0 Å². The minimum atomic E-state index is -0.516. The van der Waals surface area contributed by atoms with Gasteiger partial charge < -0.3 is 9.47 Å². The van der Waals surface area contributed by atoms with Crippen LogP contribution in [0.3, 0.4) is 0 Å². The van der Waals surface area contributed by atoms with Crippen molar-refractivity contribution in [3.8, 4) is 16.9 Å². The molecular formula is C34H36O5S2. The van der Waals surface area contributed by atoms with Crippen LogP contribution >= 0.6 is 23.5 Å². The lowest BCUT2D eigenvalue weighted by molar-refractivity contribution is -0.110. The number of aryl methyl sites for hydroxylation is 1. The Kier molecular flexibility index (Phi) is 7.48. The lowest BCUT2D eigenvalue weighted by atomic mass is 9.48. The maximum absolute atomic E-state index is 12.9. The first-order valence-electron chi connectivity index (χ1n) is 14.4. The van der Waals surface area contributed by atoms with Gasteiger partial charge >= 0.3 is 5.97 Å². The SMILES string of the molecule is COC(=O)c1c(SC(C)=O)c(SC(C)=O)c2cc(-c3ccc(OC)c(C45CC6CC(CC(C6)C4)C5)c3)ccc2c1C. The second-order valence-corrected chi connectivity index (χ2v) is 14.6. The predicted molar refractivity (Wildman–Crippen MR) is 165 cm³/mol. The van der Waals surface area contributed by atoms with Crippen molar-refractivity contribution in [1.29, 1.82) is 0 Å². The smallest absolute Gasteiger partial charge is 0.339 e. The van der Waals surface area contributed by atoms with Gasteiger partial charge in [-0.3, -0.25) is 9.59 Å². The van der Waals surface area contributed by atoms with Gasteiger partial charge in [-0.1, -0.05) is 41.7 Å². The van der Waals surface area contributed by atoms with E-state index in [0.717, 1.165) is 74.5 Å². The zero-order chi connectivity index (χ0) is 29.1. The van der Waals surface area contributed by atoms with E-state index in [4.69, 9.17) is 9.47 Å². The number of carbonyl (C=O) groups is 3. The lowest BCUT2D eigenvalue weighted by Gasteiger charge is -2.57. The van der Waals surface area contributed by atoms with Crippen molar-refractivity contribution in [2.45, 2.75) is 74.5 Å². The maximum atomic E-state index is 12.9. The molecule has 0 spiro atoms. The van der Waals surface area contributed by atoms with Crippen molar-refractivity contribution in [3.05, 3.63) is 53.1 Å². The Morgan fingerprint density at radius 2 is 1.34 bits per heavy atom. The second kappa shape index (κ2) is 10.8. The van der Waals surface area contributed by atoms with E-state index < -0.39 is 5.97 Å². The number of fused-ring (bicyclic) bond motifs is 1. The first-order valence-corrected chi connectivity index (χ1v) is 16.0. The molecule has 0 amide bonds. The fourth-order valence-electron chi connectivity index (χ4n) is 8.36. The van der Waals surface area contributed by atoms with Gasteiger partial charge in [-0.05, 0) is 114 Å². The minimum Gasteiger partial charge on any atom is -0.496 e. The van der Waals surface area contributed by atoms with Crippen molar-refractivity contribution in [3.63, 3.8) is 0 Å². The molecule has 0 saturated heterocycles. The third-order valence-corrected chi connectivity index (χ3v) is 11.4. The maximum Gasteiger partial charge on any atom is 0.339 e. The highest BCUT2D eigenvalue weighted by Crippen LogP contribution is 2.62. The quantitative estimate of drug-likeness (QED) is 0.212. The van der Waals surface area contributed by atoms with Crippen LogP contribution in [0.5, 0.6) is 5.75 Å². The molecule has 0 unspecified atom stereocenters. The van der Waals surface area contributed by atoms with Gasteiger partial charge in [-0.25, -0.2) is 4.79 Å². The van der Waals surface area contributed by atoms with Gasteiger partial charge in [0.05, 0.1) is 19.8 Å². The van der Waals surface area contributed by atoms with Crippen LogP contribution in [-0.2, 0) is 19.7 Å². The van der Waals surface area contributed by atoms with E-state index >= 15 is 0 Å². The summed E-state index contributed by atoms with van der Waals surface area (Å²) in [6.07, 6.45) is 7.90.